The molecule has 0 radical (unpaired) electrons. The van der Waals surface area contributed by atoms with E-state index in [9.17, 15) is 4.91 Å². The van der Waals surface area contributed by atoms with Gasteiger partial charge in [0.2, 0.25) is 0 Å². The molecule has 0 saturated heterocycles. The van der Waals surface area contributed by atoms with Crippen molar-refractivity contribution >= 4 is 21.9 Å². The number of aryl methyl sites for hydroxylation is 1. The van der Waals surface area contributed by atoms with Crippen LogP contribution < -0.4 is 4.60 Å². The molecule has 0 spiro atoms. The van der Waals surface area contributed by atoms with Crippen molar-refractivity contribution in [2.45, 2.75) is 6.92 Å². The number of nitrogens with one attached hydrogen (secondary N) is 1. The number of H-pyrrole nitrogens is 1. The molecular weight excluding hydrogens is 196 g/mol. The molecule has 74 valence electrons. The number of aromatic nitrogens is 4. The van der Waals surface area contributed by atoms with Crippen LogP contribution in [0.15, 0.2) is 23.0 Å². The number of rotatable bonds is 0. The lowest BCUT2D eigenvalue weighted by Crippen LogP contribution is -2.08. The zero-order valence-corrected chi connectivity index (χ0v) is 7.89. The van der Waals surface area contributed by atoms with E-state index in [0.29, 0.717) is 15.6 Å². The summed E-state index contributed by atoms with van der Waals surface area (Å²) in [4.78, 5) is 11.2. The average Bonchev–Trinajstić information content (AvgIpc) is 2.61. The molecule has 0 aliphatic heterocycles. The fourth-order valence-corrected chi connectivity index (χ4v) is 1.70. The van der Waals surface area contributed by atoms with Crippen molar-refractivity contribution in [1.82, 2.24) is 15.4 Å². The third kappa shape index (κ3) is 0.983. The molecular formula is C9H7N4O2+. The Balaban J connectivity index is 2.70. The number of benzene rings is 1. The highest BCUT2D eigenvalue weighted by Gasteiger charge is 2.18. The Hall–Kier alpha value is -2.24. The van der Waals surface area contributed by atoms with Gasteiger partial charge in [0.1, 0.15) is 0 Å². The normalized spacial score (nSPS) is 11.3. The lowest BCUT2D eigenvalue weighted by molar-refractivity contribution is -0.692. The zero-order valence-electron chi connectivity index (χ0n) is 7.89. The van der Waals surface area contributed by atoms with Crippen LogP contribution in [0.1, 0.15) is 5.56 Å². The van der Waals surface area contributed by atoms with E-state index in [1.807, 2.05) is 6.92 Å². The van der Waals surface area contributed by atoms with Gasteiger partial charge in [-0.05, 0) is 28.1 Å². The van der Waals surface area contributed by atoms with E-state index in [0.717, 1.165) is 16.5 Å². The van der Waals surface area contributed by atoms with Crippen molar-refractivity contribution < 1.29 is 9.23 Å². The molecule has 0 unspecified atom stereocenters. The van der Waals surface area contributed by atoms with Gasteiger partial charge < -0.3 is 0 Å². The number of hydrogen-bond acceptors (Lipinski definition) is 4. The first-order valence-electron chi connectivity index (χ1n) is 4.43. The Morgan fingerprint density at radius 1 is 1.47 bits per heavy atom. The van der Waals surface area contributed by atoms with Gasteiger partial charge in [-0.25, -0.2) is 0 Å². The molecule has 6 heteroatoms. The summed E-state index contributed by atoms with van der Waals surface area (Å²) in [6.07, 6.45) is 1.69. The molecule has 1 N–H and O–H groups in total. The van der Waals surface area contributed by atoms with Gasteiger partial charge in [-0.3, -0.25) is 5.10 Å². The van der Waals surface area contributed by atoms with E-state index in [-0.39, 0.29) is 0 Å². The van der Waals surface area contributed by atoms with Crippen LogP contribution in [0.25, 0.3) is 21.9 Å². The van der Waals surface area contributed by atoms with Crippen LogP contribution in [-0.2, 0) is 0 Å². The lowest BCUT2D eigenvalue weighted by atomic mass is 10.1. The average molecular weight is 203 g/mol. The molecule has 0 aliphatic rings. The highest BCUT2D eigenvalue weighted by molar-refractivity contribution is 6.02. The van der Waals surface area contributed by atoms with E-state index in [1.165, 1.54) is 0 Å². The number of hydrogen-bond donors (Lipinski definition) is 1. The van der Waals surface area contributed by atoms with Gasteiger partial charge >= 0.3 is 0 Å². The van der Waals surface area contributed by atoms with E-state index in [4.69, 9.17) is 0 Å². The first-order chi connectivity index (χ1) is 7.27. The smallest absolute Gasteiger partial charge is 0.278 e. The van der Waals surface area contributed by atoms with Crippen LogP contribution >= 0.6 is 0 Å². The molecule has 0 saturated carbocycles. The third-order valence-corrected chi connectivity index (χ3v) is 2.40. The number of aromatic amines is 1. The van der Waals surface area contributed by atoms with Crippen LogP contribution in [0.4, 0.5) is 0 Å². The Labute approximate surface area is 83.1 Å². The summed E-state index contributed by atoms with van der Waals surface area (Å²) in [7, 11) is 0. The first-order valence-corrected chi connectivity index (χ1v) is 4.43. The predicted octanol–water partition coefficient (Wildman–Crippen LogP) is 0.927. The second kappa shape index (κ2) is 2.63. The summed E-state index contributed by atoms with van der Waals surface area (Å²) < 4.78 is 4.95. The molecule has 2 aromatic heterocycles. The van der Waals surface area contributed by atoms with Crippen molar-refractivity contribution in [1.29, 1.82) is 0 Å². The molecule has 3 aromatic rings. The van der Waals surface area contributed by atoms with E-state index in [1.54, 1.807) is 18.3 Å². The molecule has 3 rings (SSSR count). The van der Waals surface area contributed by atoms with Crippen molar-refractivity contribution in [2.75, 3.05) is 0 Å². The molecule has 0 fully saturated rings. The Morgan fingerprint density at radius 2 is 2.33 bits per heavy atom. The monoisotopic (exact) mass is 203 g/mol. The minimum atomic E-state index is 0.397. The molecule has 0 amide bonds. The van der Waals surface area contributed by atoms with Crippen LogP contribution in [-0.4, -0.2) is 15.4 Å². The van der Waals surface area contributed by atoms with Crippen LogP contribution in [0.5, 0.6) is 0 Å². The minimum absolute atomic E-state index is 0.397. The molecule has 1 aromatic carbocycles. The Kier molecular flexibility index (Phi) is 1.42. The number of fused-ring (bicyclic) bond motifs is 3. The topological polar surface area (TPSA) is 77.7 Å². The molecule has 0 bridgehead atoms. The summed E-state index contributed by atoms with van der Waals surface area (Å²) in [6.45, 7) is 1.91. The second-order valence-corrected chi connectivity index (χ2v) is 3.34. The van der Waals surface area contributed by atoms with E-state index < -0.39 is 0 Å². The maximum absolute atomic E-state index is 11.2. The summed E-state index contributed by atoms with van der Waals surface area (Å²) in [5.41, 5.74) is 2.75. The van der Waals surface area contributed by atoms with Gasteiger partial charge in [-0.2, -0.15) is 5.10 Å². The first kappa shape index (κ1) is 8.10. The lowest BCUT2D eigenvalue weighted by Gasteiger charge is -1.96. The van der Waals surface area contributed by atoms with Crippen molar-refractivity contribution in [3.05, 3.63) is 28.8 Å². The van der Waals surface area contributed by atoms with Gasteiger partial charge in [0.15, 0.2) is 9.76 Å². The maximum Gasteiger partial charge on any atom is 0.288 e. The van der Waals surface area contributed by atoms with Crippen LogP contribution in [0, 0.1) is 11.8 Å². The van der Waals surface area contributed by atoms with Gasteiger partial charge in [-0.1, -0.05) is 0 Å². The second-order valence-electron chi connectivity index (χ2n) is 3.34. The molecule has 2 heterocycles. The van der Waals surface area contributed by atoms with Crippen LogP contribution in [0.3, 0.4) is 0 Å². The molecule has 0 atom stereocenters. The highest BCUT2D eigenvalue weighted by Crippen LogP contribution is 2.21. The van der Waals surface area contributed by atoms with Gasteiger partial charge in [-0.15, -0.1) is 0 Å². The molecule has 0 aliphatic carbocycles. The summed E-state index contributed by atoms with van der Waals surface area (Å²) in [5, 5.41) is 11.4. The van der Waals surface area contributed by atoms with E-state index >= 15 is 0 Å². The predicted molar refractivity (Wildman–Crippen MR) is 51.8 cm³/mol. The summed E-state index contributed by atoms with van der Waals surface area (Å²) in [5.74, 6) is 0. The van der Waals surface area contributed by atoms with Crippen molar-refractivity contribution in [2.24, 2.45) is 0 Å². The van der Waals surface area contributed by atoms with Crippen LogP contribution in [0.2, 0.25) is 0 Å². The standard InChI is InChI=1S/C9H7N4O2/c1-5-4-10-11-6-2-3-7-9(8(5)6)12-15-13(7)14/h2-4,11H,1H3/q+1. The van der Waals surface area contributed by atoms with Gasteiger partial charge in [0.05, 0.1) is 17.1 Å². The molecule has 6 nitrogen and oxygen atoms in total. The summed E-state index contributed by atoms with van der Waals surface area (Å²) >= 11 is 0. The minimum Gasteiger partial charge on any atom is -0.278 e. The van der Waals surface area contributed by atoms with Gasteiger partial charge in [0, 0.05) is 6.07 Å². The Bertz CT molecular complexity index is 713. The summed E-state index contributed by atoms with van der Waals surface area (Å²) in [6, 6.07) is 3.43. The highest BCUT2D eigenvalue weighted by atomic mass is 16.7. The fourth-order valence-electron chi connectivity index (χ4n) is 1.70. The third-order valence-electron chi connectivity index (χ3n) is 2.40. The van der Waals surface area contributed by atoms with Crippen molar-refractivity contribution in [3.8, 4) is 0 Å². The largest absolute Gasteiger partial charge is 0.288 e. The van der Waals surface area contributed by atoms with E-state index in [2.05, 4.69) is 20.0 Å². The fraction of sp³-hybridized carbons (Fsp3) is 0.111. The maximum atomic E-state index is 11.2. The Morgan fingerprint density at radius 3 is 3.20 bits per heavy atom. The quantitative estimate of drug-likeness (QED) is 0.589. The van der Waals surface area contributed by atoms with Crippen molar-refractivity contribution in [3.63, 3.8) is 0 Å². The number of nitrogens with zero attached hydrogens (tertiary/aromatic N) is 3. The van der Waals surface area contributed by atoms with Gasteiger partial charge in [0.25, 0.3) is 11.0 Å². The molecule has 15 heavy (non-hydrogen) atoms. The zero-order chi connectivity index (χ0) is 10.4. The SMILES string of the molecule is Cc1cn[nH]c2ccc3c(no[n+]3=O)c12.